The SMILES string of the molecule is O=C1[C@H](CC[C@H](O)c2ccc(F)cc2)[C@@H](c2ccc(-c3cccc(OC[C@H]4O[C@H](O)[C@H](O)[C@@H](O)[C@@H]4O)c3)cc2)N1c1ccc(F)cc1. The maximum absolute atomic E-state index is 13.7. The number of rotatable bonds is 10. The zero-order chi connectivity index (χ0) is 33.2. The number of amides is 1. The lowest BCUT2D eigenvalue weighted by Crippen LogP contribution is -2.58. The highest BCUT2D eigenvalue weighted by Gasteiger charge is 2.48. The Bertz CT molecular complexity index is 1670. The molecule has 2 saturated heterocycles. The molecule has 5 N–H and O–H groups in total. The monoisotopic (exact) mass is 647 g/mol. The third kappa shape index (κ3) is 6.91. The Morgan fingerprint density at radius 2 is 1.45 bits per heavy atom. The van der Waals surface area contributed by atoms with E-state index in [1.165, 1.54) is 36.4 Å². The van der Waals surface area contributed by atoms with Crippen LogP contribution in [0.4, 0.5) is 14.5 Å². The van der Waals surface area contributed by atoms with Crippen molar-refractivity contribution in [3.63, 3.8) is 0 Å². The number of β-lactam (4-membered cyclic amide) rings is 1. The number of aliphatic hydroxyl groups is 5. The largest absolute Gasteiger partial charge is 0.491 e. The van der Waals surface area contributed by atoms with Crippen molar-refractivity contribution >= 4 is 11.6 Å². The predicted octanol–water partition coefficient (Wildman–Crippen LogP) is 4.03. The van der Waals surface area contributed by atoms with Crippen molar-refractivity contribution in [2.24, 2.45) is 5.92 Å². The lowest BCUT2D eigenvalue weighted by Gasteiger charge is -2.48. The fourth-order valence-electron chi connectivity index (χ4n) is 6.18. The minimum Gasteiger partial charge on any atom is -0.491 e. The topological polar surface area (TPSA) is 140 Å². The lowest BCUT2D eigenvalue weighted by molar-refractivity contribution is -0.285. The second-order valence-electron chi connectivity index (χ2n) is 11.9. The fourth-order valence-corrected chi connectivity index (χ4v) is 6.18. The van der Waals surface area contributed by atoms with Gasteiger partial charge in [0.1, 0.15) is 48.4 Å². The summed E-state index contributed by atoms with van der Waals surface area (Å²) in [6.07, 6.45) is -7.57. The van der Waals surface area contributed by atoms with E-state index in [4.69, 9.17) is 9.47 Å². The number of benzene rings is 4. The Hall–Kier alpha value is -4.23. The number of hydrogen-bond donors (Lipinski definition) is 5. The van der Waals surface area contributed by atoms with Gasteiger partial charge >= 0.3 is 0 Å². The van der Waals surface area contributed by atoms with Crippen LogP contribution in [0.15, 0.2) is 97.1 Å². The van der Waals surface area contributed by atoms with Crippen molar-refractivity contribution in [2.75, 3.05) is 11.5 Å². The van der Waals surface area contributed by atoms with Gasteiger partial charge in [0.15, 0.2) is 6.29 Å². The first-order chi connectivity index (χ1) is 22.6. The first-order valence-electron chi connectivity index (χ1n) is 15.3. The second kappa shape index (κ2) is 13.9. The van der Waals surface area contributed by atoms with Gasteiger partial charge in [0, 0.05) is 5.69 Å². The van der Waals surface area contributed by atoms with Crippen molar-refractivity contribution in [3.8, 4) is 16.9 Å². The van der Waals surface area contributed by atoms with Crippen molar-refractivity contribution in [2.45, 2.75) is 55.7 Å². The molecule has 0 radical (unpaired) electrons. The molecule has 47 heavy (non-hydrogen) atoms. The minimum atomic E-state index is -1.66. The van der Waals surface area contributed by atoms with Crippen LogP contribution < -0.4 is 9.64 Å². The number of carbonyl (C=O) groups is 1. The zero-order valence-corrected chi connectivity index (χ0v) is 25.1. The van der Waals surface area contributed by atoms with E-state index in [0.717, 1.165) is 16.7 Å². The van der Waals surface area contributed by atoms with Gasteiger partial charge in [0.2, 0.25) is 5.91 Å². The van der Waals surface area contributed by atoms with Crippen LogP contribution in [0.25, 0.3) is 11.1 Å². The highest BCUT2D eigenvalue weighted by atomic mass is 19.1. The third-order valence-electron chi connectivity index (χ3n) is 8.85. The Morgan fingerprint density at radius 1 is 0.787 bits per heavy atom. The first-order valence-corrected chi connectivity index (χ1v) is 15.3. The number of halogens is 2. The summed E-state index contributed by atoms with van der Waals surface area (Å²) < 4.78 is 38.0. The molecule has 9 nitrogen and oxygen atoms in total. The van der Waals surface area contributed by atoms with Gasteiger partial charge in [0.25, 0.3) is 0 Å². The smallest absolute Gasteiger partial charge is 0.233 e. The average molecular weight is 648 g/mol. The van der Waals surface area contributed by atoms with Crippen molar-refractivity contribution in [1.82, 2.24) is 0 Å². The lowest BCUT2D eigenvalue weighted by atomic mass is 9.78. The standard InChI is InChI=1S/C36H35F2NO8/c37-24-10-8-21(9-11-24)29(40)17-16-28-31(39(35(28)44)26-14-12-25(38)13-15-26)22-6-4-20(5-7-22)23-2-1-3-27(18-23)46-19-30-32(41)33(42)34(43)36(45)47-30/h1-15,18,28-34,36,40-43,45H,16-17,19H2/t28-,29+,30-,31-,32-,33+,34-,36+/m1/s1. The van der Waals surface area contributed by atoms with Crippen molar-refractivity contribution < 1.29 is 48.6 Å². The molecule has 0 aromatic heterocycles. The molecule has 1 amide bonds. The van der Waals surface area contributed by atoms with E-state index in [1.807, 2.05) is 30.3 Å². The number of nitrogens with zero attached hydrogens (tertiary/aromatic N) is 1. The van der Waals surface area contributed by atoms with Crippen LogP contribution in [0, 0.1) is 17.6 Å². The Kier molecular flexibility index (Phi) is 9.65. The highest BCUT2D eigenvalue weighted by molar-refractivity contribution is 6.03. The first kappa shape index (κ1) is 32.7. The molecule has 246 valence electrons. The summed E-state index contributed by atoms with van der Waals surface area (Å²) in [7, 11) is 0. The summed E-state index contributed by atoms with van der Waals surface area (Å²) in [6, 6.07) is 25.8. The molecular weight excluding hydrogens is 612 g/mol. The van der Waals surface area contributed by atoms with Gasteiger partial charge in [-0.05, 0) is 83.6 Å². The molecule has 0 bridgehead atoms. The molecule has 2 heterocycles. The van der Waals surface area contributed by atoms with Crippen molar-refractivity contribution in [1.29, 1.82) is 0 Å². The van der Waals surface area contributed by atoms with Crippen LogP contribution in [-0.4, -0.2) is 68.8 Å². The summed E-state index contributed by atoms with van der Waals surface area (Å²) in [4.78, 5) is 15.1. The molecule has 0 aliphatic carbocycles. The molecule has 0 unspecified atom stereocenters. The maximum Gasteiger partial charge on any atom is 0.233 e. The van der Waals surface area contributed by atoms with E-state index in [9.17, 15) is 39.1 Å². The fraction of sp³-hybridized carbons (Fsp3) is 0.306. The van der Waals surface area contributed by atoms with E-state index in [1.54, 1.807) is 35.2 Å². The summed E-state index contributed by atoms with van der Waals surface area (Å²) in [5, 5.41) is 50.3. The van der Waals surface area contributed by atoms with E-state index < -0.39 is 54.4 Å². The number of hydrogen-bond acceptors (Lipinski definition) is 8. The number of anilines is 1. The molecular formula is C36H35F2NO8. The van der Waals surface area contributed by atoms with E-state index in [0.29, 0.717) is 29.8 Å². The van der Waals surface area contributed by atoms with Crippen LogP contribution in [0.3, 0.4) is 0 Å². The molecule has 2 aliphatic rings. The van der Waals surface area contributed by atoms with Gasteiger partial charge in [-0.3, -0.25) is 4.79 Å². The molecule has 4 aromatic rings. The number of carbonyl (C=O) groups excluding carboxylic acids is 1. The normalized spacial score (nSPS) is 26.5. The van der Waals surface area contributed by atoms with Crippen LogP contribution in [0.1, 0.15) is 36.1 Å². The Morgan fingerprint density at radius 3 is 2.13 bits per heavy atom. The molecule has 2 fully saturated rings. The van der Waals surface area contributed by atoms with Crippen LogP contribution in [0.2, 0.25) is 0 Å². The Labute approximate surface area is 269 Å². The van der Waals surface area contributed by atoms with E-state index in [2.05, 4.69) is 0 Å². The quantitative estimate of drug-likeness (QED) is 0.163. The van der Waals surface area contributed by atoms with Gasteiger partial charge in [0.05, 0.1) is 18.1 Å². The molecule has 11 heteroatoms. The average Bonchev–Trinajstić information content (AvgIpc) is 3.08. The van der Waals surface area contributed by atoms with E-state index in [-0.39, 0.29) is 18.6 Å². The molecule has 8 atom stereocenters. The highest BCUT2D eigenvalue weighted by Crippen LogP contribution is 2.46. The molecule has 4 aromatic carbocycles. The summed E-state index contributed by atoms with van der Waals surface area (Å²) >= 11 is 0. The maximum atomic E-state index is 13.7. The Balaban J connectivity index is 1.17. The number of ether oxygens (including phenoxy) is 2. The molecule has 6 rings (SSSR count). The number of aliphatic hydroxyl groups excluding tert-OH is 5. The van der Waals surface area contributed by atoms with Gasteiger partial charge in [-0.25, -0.2) is 8.78 Å². The van der Waals surface area contributed by atoms with Gasteiger partial charge < -0.3 is 39.9 Å². The van der Waals surface area contributed by atoms with Gasteiger partial charge in [-0.15, -0.1) is 0 Å². The zero-order valence-electron chi connectivity index (χ0n) is 25.1. The van der Waals surface area contributed by atoms with Crippen LogP contribution in [0.5, 0.6) is 5.75 Å². The summed E-state index contributed by atoms with van der Waals surface area (Å²) in [5.41, 5.74) is 3.65. The molecule has 2 aliphatic heterocycles. The second-order valence-corrected chi connectivity index (χ2v) is 11.9. The summed E-state index contributed by atoms with van der Waals surface area (Å²) in [5.74, 6) is -0.935. The van der Waals surface area contributed by atoms with E-state index >= 15 is 0 Å². The third-order valence-corrected chi connectivity index (χ3v) is 8.85. The van der Waals surface area contributed by atoms with Crippen LogP contribution in [-0.2, 0) is 9.53 Å². The van der Waals surface area contributed by atoms with Gasteiger partial charge in [-0.1, -0.05) is 48.5 Å². The predicted molar refractivity (Wildman–Crippen MR) is 167 cm³/mol. The summed E-state index contributed by atoms with van der Waals surface area (Å²) in [6.45, 7) is -0.184. The van der Waals surface area contributed by atoms with Crippen LogP contribution >= 0.6 is 0 Å². The van der Waals surface area contributed by atoms with Crippen molar-refractivity contribution in [3.05, 3.63) is 120 Å². The van der Waals surface area contributed by atoms with Gasteiger partial charge in [-0.2, -0.15) is 0 Å². The molecule has 0 spiro atoms. The minimum absolute atomic E-state index is 0.136. The molecule has 0 saturated carbocycles.